The molecule has 18 heteroatoms. The van der Waals surface area contributed by atoms with Gasteiger partial charge >= 0.3 is 6.09 Å². The van der Waals surface area contributed by atoms with Gasteiger partial charge in [0.2, 0.25) is 17.6 Å². The zero-order valence-corrected chi connectivity index (χ0v) is 26.8. The van der Waals surface area contributed by atoms with E-state index in [0.29, 0.717) is 0 Å². The second-order valence-electron chi connectivity index (χ2n) is 11.2. The third-order valence-electron chi connectivity index (χ3n) is 9.18. The molecule has 0 radical (unpaired) electrons. The van der Waals surface area contributed by atoms with Gasteiger partial charge in [0.25, 0.3) is 11.8 Å². The van der Waals surface area contributed by atoms with Crippen LogP contribution >= 0.6 is 39.1 Å². The smallest absolute Gasteiger partial charge is 0.423 e. The standard InChI is InChI=1S/C29H18BrCl2F5N2O8/c1-46-13-6-8(30)5-11(22(13)40)15-9-3-4-10-14(24(42)39(23(10)41)27(45)47-2)12(9)7-28(31)25(43)38(26(44)29(15,28)32)21-19(36)17(34)16(33)18(35)20(21)37/h3,5-6,10,12,14-15,40H,4,7H2,1-2H3. The maximum absolute atomic E-state index is 15.1. The minimum atomic E-state index is -2.86. The molecular weight excluding hydrogens is 750 g/mol. The number of alkyl halides is 2. The van der Waals surface area contributed by atoms with Gasteiger partial charge in [-0.2, -0.15) is 4.90 Å². The van der Waals surface area contributed by atoms with Gasteiger partial charge in [-0.15, -0.1) is 23.2 Å². The number of hydrogen-bond donors (Lipinski definition) is 1. The van der Waals surface area contributed by atoms with E-state index in [0.717, 1.165) is 7.11 Å². The van der Waals surface area contributed by atoms with Crippen molar-refractivity contribution in [2.24, 2.45) is 17.8 Å². The summed E-state index contributed by atoms with van der Waals surface area (Å²) in [5.74, 6) is -24.5. The first-order valence-electron chi connectivity index (χ1n) is 13.5. The van der Waals surface area contributed by atoms with Crippen molar-refractivity contribution in [3.05, 3.63) is 62.9 Å². The van der Waals surface area contributed by atoms with Crippen LogP contribution in [0.25, 0.3) is 0 Å². The Kier molecular flexibility index (Phi) is 7.68. The fourth-order valence-electron chi connectivity index (χ4n) is 7.15. The lowest BCUT2D eigenvalue weighted by Crippen LogP contribution is -2.60. The predicted octanol–water partition coefficient (Wildman–Crippen LogP) is 5.19. The van der Waals surface area contributed by atoms with Crippen LogP contribution in [0.4, 0.5) is 32.4 Å². The van der Waals surface area contributed by atoms with Gasteiger partial charge in [-0.1, -0.05) is 27.6 Å². The summed E-state index contributed by atoms with van der Waals surface area (Å²) >= 11 is 17.3. The fourth-order valence-corrected chi connectivity index (χ4v) is 8.53. The fraction of sp³-hybridized carbons (Fsp3) is 0.345. The van der Waals surface area contributed by atoms with Gasteiger partial charge in [-0.05, 0) is 30.9 Å². The number of phenols is 1. The summed E-state index contributed by atoms with van der Waals surface area (Å²) < 4.78 is 82.9. The summed E-state index contributed by atoms with van der Waals surface area (Å²) in [5, 5.41) is 11.3. The third kappa shape index (κ3) is 4.09. The largest absolute Gasteiger partial charge is 0.504 e. The summed E-state index contributed by atoms with van der Waals surface area (Å²) in [6.07, 6.45) is -0.912. The summed E-state index contributed by atoms with van der Waals surface area (Å²) in [6, 6.07) is 2.57. The minimum absolute atomic E-state index is 0.0567. The highest BCUT2D eigenvalue weighted by Crippen LogP contribution is 2.67. The molecule has 5 amide bonds. The number of likely N-dealkylation sites (tertiary alicyclic amines) is 1. The molecule has 1 saturated carbocycles. The van der Waals surface area contributed by atoms with Gasteiger partial charge in [0, 0.05) is 16.0 Å². The van der Waals surface area contributed by atoms with Crippen molar-refractivity contribution < 1.29 is 60.5 Å². The Morgan fingerprint density at radius 2 is 1.53 bits per heavy atom. The molecule has 0 bridgehead atoms. The Bertz CT molecular complexity index is 1870. The van der Waals surface area contributed by atoms with E-state index >= 15 is 8.78 Å². The molecule has 1 N–H and O–H groups in total. The number of methoxy groups -OCH3 is 2. The zero-order chi connectivity index (χ0) is 34.7. The summed E-state index contributed by atoms with van der Waals surface area (Å²) in [7, 11) is 2.11. The molecule has 2 heterocycles. The molecule has 10 nitrogen and oxygen atoms in total. The van der Waals surface area contributed by atoms with E-state index in [1.54, 1.807) is 0 Å². The van der Waals surface area contributed by atoms with Gasteiger partial charge in [0.05, 0.1) is 26.1 Å². The molecule has 6 unspecified atom stereocenters. The average molecular weight is 768 g/mol. The van der Waals surface area contributed by atoms with E-state index in [-0.39, 0.29) is 37.6 Å². The molecule has 0 spiro atoms. The monoisotopic (exact) mass is 766 g/mol. The number of rotatable bonds is 3. The molecule has 2 aromatic rings. The van der Waals surface area contributed by atoms with Crippen molar-refractivity contribution in [3.63, 3.8) is 0 Å². The van der Waals surface area contributed by atoms with E-state index in [4.69, 9.17) is 27.9 Å². The molecule has 0 aromatic heterocycles. The number of ether oxygens (including phenoxy) is 2. The predicted molar refractivity (Wildman–Crippen MR) is 153 cm³/mol. The van der Waals surface area contributed by atoms with Gasteiger partial charge < -0.3 is 14.6 Å². The molecule has 3 fully saturated rings. The number of fused-ring (bicyclic) bond motifs is 4. The van der Waals surface area contributed by atoms with Crippen LogP contribution in [-0.4, -0.2) is 63.7 Å². The van der Waals surface area contributed by atoms with Crippen molar-refractivity contribution in [3.8, 4) is 11.5 Å². The van der Waals surface area contributed by atoms with E-state index in [1.165, 1.54) is 25.3 Å². The molecule has 47 heavy (non-hydrogen) atoms. The number of benzene rings is 2. The number of aromatic hydroxyl groups is 1. The quantitative estimate of drug-likeness (QED) is 0.113. The Hall–Kier alpha value is -3.76. The lowest BCUT2D eigenvalue weighted by Gasteiger charge is -2.50. The second-order valence-corrected chi connectivity index (χ2v) is 13.4. The Balaban J connectivity index is 1.64. The third-order valence-corrected chi connectivity index (χ3v) is 11.0. The van der Waals surface area contributed by atoms with Crippen molar-refractivity contribution in [2.45, 2.75) is 28.5 Å². The van der Waals surface area contributed by atoms with Crippen molar-refractivity contribution in [1.29, 1.82) is 0 Å². The van der Waals surface area contributed by atoms with Crippen LogP contribution in [0.15, 0.2) is 28.3 Å². The zero-order valence-electron chi connectivity index (χ0n) is 23.7. The van der Waals surface area contributed by atoms with Crippen LogP contribution in [0.2, 0.25) is 0 Å². The van der Waals surface area contributed by atoms with Crippen LogP contribution in [0.1, 0.15) is 24.3 Å². The van der Waals surface area contributed by atoms with Crippen molar-refractivity contribution >= 4 is 74.5 Å². The summed E-state index contributed by atoms with van der Waals surface area (Å²) in [5.41, 5.74) is -2.15. The topological polar surface area (TPSA) is 131 Å². The number of carbonyl (C=O) groups is 5. The SMILES string of the molecule is COC(=O)N1C(=O)C2CC=C3C(CC4(Cl)C(=O)N(c5c(F)c(F)c(F)c(F)c5F)C(=O)C4(Cl)C3c3cc(Br)cc(OC)c3O)C2C1=O. The summed E-state index contributed by atoms with van der Waals surface area (Å²) in [4.78, 5) is 61.9. The Labute approximate surface area is 279 Å². The normalized spacial score (nSPS) is 29.9. The molecule has 6 atom stereocenters. The number of imide groups is 4. The van der Waals surface area contributed by atoms with Gasteiger partial charge in [0.15, 0.2) is 44.5 Å². The van der Waals surface area contributed by atoms with Crippen molar-refractivity contribution in [2.75, 3.05) is 19.1 Å². The number of anilines is 1. The Morgan fingerprint density at radius 3 is 2.11 bits per heavy atom. The molecule has 2 saturated heterocycles. The van der Waals surface area contributed by atoms with Crippen LogP contribution in [-0.2, 0) is 23.9 Å². The lowest BCUT2D eigenvalue weighted by molar-refractivity contribution is -0.138. The van der Waals surface area contributed by atoms with Crippen LogP contribution in [0.5, 0.6) is 11.5 Å². The highest BCUT2D eigenvalue weighted by molar-refractivity contribution is 9.10. The van der Waals surface area contributed by atoms with Gasteiger partial charge in [-0.25, -0.2) is 31.6 Å². The van der Waals surface area contributed by atoms with E-state index in [2.05, 4.69) is 20.7 Å². The number of phenolic OH excluding ortho intramolecular Hbond substituents is 1. The summed E-state index contributed by atoms with van der Waals surface area (Å²) in [6.45, 7) is 0. The number of halogens is 8. The maximum Gasteiger partial charge on any atom is 0.423 e. The molecule has 2 aliphatic carbocycles. The highest BCUT2D eigenvalue weighted by atomic mass is 79.9. The molecule has 6 rings (SSSR count). The number of hydrogen-bond acceptors (Lipinski definition) is 8. The average Bonchev–Trinajstić information content (AvgIpc) is 3.38. The van der Waals surface area contributed by atoms with E-state index in [9.17, 15) is 42.3 Å². The molecule has 2 aromatic carbocycles. The van der Waals surface area contributed by atoms with Crippen LogP contribution < -0.4 is 9.64 Å². The van der Waals surface area contributed by atoms with Crippen molar-refractivity contribution in [1.82, 2.24) is 4.90 Å². The second kappa shape index (κ2) is 10.9. The highest BCUT2D eigenvalue weighted by Gasteiger charge is 2.77. The number of nitrogens with zero attached hydrogens (tertiary/aromatic N) is 2. The number of amides is 5. The van der Waals surface area contributed by atoms with E-state index in [1.807, 2.05) is 0 Å². The van der Waals surface area contributed by atoms with Crippen LogP contribution in [0.3, 0.4) is 0 Å². The molecule has 248 valence electrons. The van der Waals surface area contributed by atoms with E-state index < -0.39 is 110 Å². The van der Waals surface area contributed by atoms with Crippen LogP contribution in [0, 0.1) is 46.8 Å². The first kappa shape index (κ1) is 33.2. The van der Waals surface area contributed by atoms with Gasteiger partial charge in [-0.3, -0.25) is 19.2 Å². The number of carbonyl (C=O) groups excluding carboxylic acids is 5. The lowest BCUT2D eigenvalue weighted by atomic mass is 9.56. The first-order chi connectivity index (χ1) is 22.0. The maximum atomic E-state index is 15.1. The molecule has 2 aliphatic heterocycles. The molecule has 4 aliphatic rings. The Morgan fingerprint density at radius 1 is 0.936 bits per heavy atom. The van der Waals surface area contributed by atoms with Gasteiger partial charge in [0.1, 0.15) is 5.69 Å². The minimum Gasteiger partial charge on any atom is -0.504 e. The number of allylic oxidation sites excluding steroid dienone is 2. The first-order valence-corrected chi connectivity index (χ1v) is 15.0. The molecular formula is C29H18BrCl2F5N2O8.